The molecule has 0 bridgehead atoms. The summed E-state index contributed by atoms with van der Waals surface area (Å²) >= 11 is 1.35. The second-order valence-corrected chi connectivity index (χ2v) is 9.75. The van der Waals surface area contributed by atoms with Crippen LogP contribution in [0.3, 0.4) is 0 Å². The highest BCUT2D eigenvalue weighted by atomic mass is 32.1. The van der Waals surface area contributed by atoms with Crippen molar-refractivity contribution in [3.63, 3.8) is 0 Å². The zero-order chi connectivity index (χ0) is 22.8. The highest BCUT2D eigenvalue weighted by molar-refractivity contribution is 7.14. The van der Waals surface area contributed by atoms with E-state index in [0.717, 1.165) is 25.1 Å². The Morgan fingerprint density at radius 3 is 2.69 bits per heavy atom. The number of amides is 4. The van der Waals surface area contributed by atoms with Crippen molar-refractivity contribution in [2.75, 3.05) is 36.4 Å². The third-order valence-electron chi connectivity index (χ3n) is 5.88. The molecule has 1 aromatic heterocycles. The number of likely N-dealkylation sites (tertiary alicyclic amines) is 1. The summed E-state index contributed by atoms with van der Waals surface area (Å²) in [6, 6.07) is 5.29. The van der Waals surface area contributed by atoms with Gasteiger partial charge in [-0.05, 0) is 42.9 Å². The average Bonchev–Trinajstić information content (AvgIpc) is 3.36. The minimum absolute atomic E-state index is 0.00642. The molecule has 170 valence electrons. The molecular formula is C23H29N5O3S. The van der Waals surface area contributed by atoms with Crippen LogP contribution in [0.15, 0.2) is 23.6 Å². The molecule has 2 fully saturated rings. The summed E-state index contributed by atoms with van der Waals surface area (Å²) in [6.07, 6.45) is 1.24. The number of hydrogen-bond donors (Lipinski definition) is 2. The fraction of sp³-hybridized carbons (Fsp3) is 0.478. The van der Waals surface area contributed by atoms with E-state index in [1.807, 2.05) is 24.0 Å². The number of urea groups is 1. The molecule has 0 spiro atoms. The molecule has 2 saturated heterocycles. The van der Waals surface area contributed by atoms with Gasteiger partial charge in [-0.1, -0.05) is 19.9 Å². The summed E-state index contributed by atoms with van der Waals surface area (Å²) in [5.74, 6) is 0.775. The number of benzene rings is 1. The lowest BCUT2D eigenvalue weighted by Gasteiger charge is -2.35. The van der Waals surface area contributed by atoms with Gasteiger partial charge in [0, 0.05) is 42.8 Å². The Bertz CT molecular complexity index is 1030. The van der Waals surface area contributed by atoms with Crippen molar-refractivity contribution in [3.8, 4) is 0 Å². The number of carbonyl (C=O) groups excluding carboxylic acids is 3. The van der Waals surface area contributed by atoms with Gasteiger partial charge in [-0.2, -0.15) is 0 Å². The van der Waals surface area contributed by atoms with E-state index >= 15 is 0 Å². The van der Waals surface area contributed by atoms with Gasteiger partial charge in [0.15, 0.2) is 5.13 Å². The average molecular weight is 456 g/mol. The van der Waals surface area contributed by atoms with E-state index in [1.165, 1.54) is 11.3 Å². The summed E-state index contributed by atoms with van der Waals surface area (Å²) in [7, 11) is 0. The monoisotopic (exact) mass is 455 g/mol. The minimum atomic E-state index is -0.208. The number of thiazole rings is 1. The van der Waals surface area contributed by atoms with Crippen LogP contribution in [-0.4, -0.2) is 53.9 Å². The second-order valence-electron chi connectivity index (χ2n) is 8.92. The van der Waals surface area contributed by atoms with Crippen LogP contribution >= 0.6 is 11.3 Å². The number of carbonyl (C=O) groups is 3. The number of piperidine rings is 1. The van der Waals surface area contributed by atoms with E-state index in [4.69, 9.17) is 0 Å². The van der Waals surface area contributed by atoms with E-state index in [0.29, 0.717) is 47.0 Å². The van der Waals surface area contributed by atoms with Crippen molar-refractivity contribution in [3.05, 3.63) is 40.4 Å². The fourth-order valence-electron chi connectivity index (χ4n) is 4.42. The lowest BCUT2D eigenvalue weighted by Crippen LogP contribution is -2.42. The van der Waals surface area contributed by atoms with Gasteiger partial charge in [-0.25, -0.2) is 9.78 Å². The largest absolute Gasteiger partial charge is 0.338 e. The summed E-state index contributed by atoms with van der Waals surface area (Å²) in [6.45, 7) is 8.96. The summed E-state index contributed by atoms with van der Waals surface area (Å²) in [5, 5.41) is 8.06. The smallest absolute Gasteiger partial charge is 0.323 e. The molecule has 2 unspecified atom stereocenters. The molecule has 8 nitrogen and oxygen atoms in total. The summed E-state index contributed by atoms with van der Waals surface area (Å²) < 4.78 is 0. The molecular weight excluding hydrogens is 426 g/mol. The van der Waals surface area contributed by atoms with Crippen LogP contribution in [-0.2, 0) is 11.2 Å². The van der Waals surface area contributed by atoms with Crippen molar-refractivity contribution in [2.24, 2.45) is 11.8 Å². The van der Waals surface area contributed by atoms with E-state index in [2.05, 4.69) is 29.5 Å². The molecule has 0 aliphatic carbocycles. The molecule has 3 heterocycles. The number of rotatable bonds is 5. The molecule has 2 aliphatic rings. The van der Waals surface area contributed by atoms with Crippen LogP contribution in [0.25, 0.3) is 0 Å². The van der Waals surface area contributed by atoms with E-state index < -0.39 is 0 Å². The van der Waals surface area contributed by atoms with Gasteiger partial charge in [0.25, 0.3) is 5.91 Å². The molecule has 2 atom stereocenters. The minimum Gasteiger partial charge on any atom is -0.338 e. The number of hydrogen-bond acceptors (Lipinski definition) is 5. The molecule has 0 saturated carbocycles. The van der Waals surface area contributed by atoms with Gasteiger partial charge in [0.1, 0.15) is 0 Å². The van der Waals surface area contributed by atoms with Gasteiger partial charge in [-0.15, -0.1) is 11.3 Å². The lowest BCUT2D eigenvalue weighted by atomic mass is 9.91. The van der Waals surface area contributed by atoms with Crippen LogP contribution in [0, 0.1) is 18.8 Å². The Labute approximate surface area is 192 Å². The molecule has 9 heteroatoms. The number of aryl methyl sites for hydroxylation is 1. The molecule has 2 N–H and O–H groups in total. The first-order valence-electron chi connectivity index (χ1n) is 11.0. The topological polar surface area (TPSA) is 94.6 Å². The molecule has 0 radical (unpaired) electrons. The standard InChI is InChI=1S/C23H29N5O3S/c1-14-8-15(2)12-27(11-14)21(30)17-5-4-16(3)19(9-17)26-20(29)10-18-13-32-23(25-18)28-7-6-24-22(28)31/h4-5,9,13-15H,6-8,10-12H2,1-3H3,(H,24,31)(H,26,29). The normalized spacial score (nSPS) is 20.9. The third-order valence-corrected chi connectivity index (χ3v) is 6.80. The molecule has 4 rings (SSSR count). The van der Waals surface area contributed by atoms with Crippen molar-refractivity contribution in [1.29, 1.82) is 0 Å². The SMILES string of the molecule is Cc1ccc(C(=O)N2CC(C)CC(C)C2)cc1NC(=O)Cc1csc(N2CCNC2=O)n1. The van der Waals surface area contributed by atoms with E-state index in [1.54, 1.807) is 16.3 Å². The number of anilines is 2. The van der Waals surface area contributed by atoms with Crippen molar-refractivity contribution in [2.45, 2.75) is 33.6 Å². The third kappa shape index (κ3) is 4.93. The maximum absolute atomic E-state index is 13.1. The zero-order valence-corrected chi connectivity index (χ0v) is 19.5. The summed E-state index contributed by atoms with van der Waals surface area (Å²) in [4.78, 5) is 45.4. The Hall–Kier alpha value is -2.94. The Balaban J connectivity index is 1.42. The molecule has 32 heavy (non-hydrogen) atoms. The van der Waals surface area contributed by atoms with Gasteiger partial charge in [-0.3, -0.25) is 14.5 Å². The maximum Gasteiger partial charge on any atom is 0.323 e. The van der Waals surface area contributed by atoms with Crippen LogP contribution in [0.5, 0.6) is 0 Å². The van der Waals surface area contributed by atoms with Crippen LogP contribution < -0.4 is 15.5 Å². The van der Waals surface area contributed by atoms with E-state index in [9.17, 15) is 14.4 Å². The second kappa shape index (κ2) is 9.28. The van der Waals surface area contributed by atoms with Gasteiger partial charge in [0.05, 0.1) is 12.1 Å². The Morgan fingerprint density at radius 2 is 2.00 bits per heavy atom. The quantitative estimate of drug-likeness (QED) is 0.723. The Kier molecular flexibility index (Phi) is 6.45. The first-order valence-corrected chi connectivity index (χ1v) is 11.9. The maximum atomic E-state index is 13.1. The highest BCUT2D eigenvalue weighted by Crippen LogP contribution is 2.25. The highest BCUT2D eigenvalue weighted by Gasteiger charge is 2.27. The molecule has 2 aromatic rings. The molecule has 1 aromatic carbocycles. The van der Waals surface area contributed by atoms with Crippen LogP contribution in [0.1, 0.15) is 41.9 Å². The van der Waals surface area contributed by atoms with Gasteiger partial charge >= 0.3 is 6.03 Å². The first-order chi connectivity index (χ1) is 15.3. The van der Waals surface area contributed by atoms with Crippen LogP contribution in [0.4, 0.5) is 15.6 Å². The van der Waals surface area contributed by atoms with Gasteiger partial charge in [0.2, 0.25) is 5.91 Å². The van der Waals surface area contributed by atoms with Crippen molar-refractivity contribution in [1.82, 2.24) is 15.2 Å². The summed E-state index contributed by atoms with van der Waals surface area (Å²) in [5.41, 5.74) is 2.72. The van der Waals surface area contributed by atoms with Crippen LogP contribution in [0.2, 0.25) is 0 Å². The van der Waals surface area contributed by atoms with E-state index in [-0.39, 0.29) is 24.3 Å². The number of nitrogens with zero attached hydrogens (tertiary/aromatic N) is 3. The predicted octanol–water partition coefficient (Wildman–Crippen LogP) is 3.28. The predicted molar refractivity (Wildman–Crippen MR) is 125 cm³/mol. The molecule has 2 aliphatic heterocycles. The van der Waals surface area contributed by atoms with Crippen molar-refractivity contribution >= 4 is 40.0 Å². The fourth-order valence-corrected chi connectivity index (χ4v) is 5.26. The Morgan fingerprint density at radius 1 is 1.25 bits per heavy atom. The molecule has 4 amide bonds. The first kappa shape index (κ1) is 22.3. The van der Waals surface area contributed by atoms with Crippen molar-refractivity contribution < 1.29 is 14.4 Å². The van der Waals surface area contributed by atoms with Gasteiger partial charge < -0.3 is 15.5 Å². The number of aromatic nitrogens is 1. The lowest BCUT2D eigenvalue weighted by molar-refractivity contribution is -0.115. The zero-order valence-electron chi connectivity index (χ0n) is 18.7. The number of nitrogens with one attached hydrogen (secondary N) is 2.